The molecule has 0 saturated heterocycles. The van der Waals surface area contributed by atoms with Gasteiger partial charge >= 0.3 is 0 Å². The zero-order valence-electron chi connectivity index (χ0n) is 14.4. The highest BCUT2D eigenvalue weighted by molar-refractivity contribution is 6.33. The molecule has 1 heterocycles. The summed E-state index contributed by atoms with van der Waals surface area (Å²) in [7, 11) is 0. The first-order chi connectivity index (χ1) is 11.0. The van der Waals surface area contributed by atoms with Gasteiger partial charge in [0.25, 0.3) is 0 Å². The lowest BCUT2D eigenvalue weighted by atomic mass is 10.1. The van der Waals surface area contributed by atoms with Crippen LogP contribution in [0.5, 0.6) is 0 Å². The highest BCUT2D eigenvalue weighted by Gasteiger charge is 2.10. The Bertz CT molecular complexity index is 628. The second kappa shape index (κ2) is 8.16. The molecule has 0 aliphatic heterocycles. The van der Waals surface area contributed by atoms with Crippen LogP contribution < -0.4 is 10.2 Å². The summed E-state index contributed by atoms with van der Waals surface area (Å²) in [5, 5.41) is 4.05. The highest BCUT2D eigenvalue weighted by Crippen LogP contribution is 2.30. The molecule has 23 heavy (non-hydrogen) atoms. The Balaban J connectivity index is 2.26. The van der Waals surface area contributed by atoms with Gasteiger partial charge in [-0.1, -0.05) is 31.5 Å². The van der Waals surface area contributed by atoms with Gasteiger partial charge in [0, 0.05) is 19.3 Å². The lowest BCUT2D eigenvalue weighted by Gasteiger charge is -2.22. The first-order valence-electron chi connectivity index (χ1n) is 8.16. The van der Waals surface area contributed by atoms with Gasteiger partial charge in [-0.15, -0.1) is 0 Å². The lowest BCUT2D eigenvalue weighted by molar-refractivity contribution is 0.721. The molecule has 0 saturated carbocycles. The van der Waals surface area contributed by atoms with Gasteiger partial charge in [0.05, 0.1) is 10.7 Å². The van der Waals surface area contributed by atoms with E-state index in [-0.39, 0.29) is 0 Å². The summed E-state index contributed by atoms with van der Waals surface area (Å²) in [6.45, 7) is 10.3. The van der Waals surface area contributed by atoms with Crippen molar-refractivity contribution in [3.8, 4) is 0 Å². The van der Waals surface area contributed by atoms with Gasteiger partial charge in [-0.2, -0.15) is 4.98 Å². The lowest BCUT2D eigenvalue weighted by Crippen LogP contribution is -2.27. The van der Waals surface area contributed by atoms with Gasteiger partial charge in [0.1, 0.15) is 5.82 Å². The fourth-order valence-electron chi connectivity index (χ4n) is 2.62. The fourth-order valence-corrected chi connectivity index (χ4v) is 2.99. The molecule has 0 aliphatic rings. The smallest absolute Gasteiger partial charge is 0.227 e. The van der Waals surface area contributed by atoms with Gasteiger partial charge in [0.2, 0.25) is 5.95 Å². The van der Waals surface area contributed by atoms with Crippen LogP contribution in [0.25, 0.3) is 0 Å². The largest absolute Gasteiger partial charge is 0.341 e. The molecule has 1 aromatic carbocycles. The minimum Gasteiger partial charge on any atom is -0.341 e. The molecule has 2 rings (SSSR count). The summed E-state index contributed by atoms with van der Waals surface area (Å²) in [6, 6.07) is 5.94. The monoisotopic (exact) mass is 332 g/mol. The topological polar surface area (TPSA) is 41.1 Å². The van der Waals surface area contributed by atoms with E-state index in [4.69, 9.17) is 11.6 Å². The van der Waals surface area contributed by atoms with Crippen LogP contribution in [-0.4, -0.2) is 23.1 Å². The number of nitrogens with zero attached hydrogens (tertiary/aromatic N) is 3. The van der Waals surface area contributed by atoms with Crippen molar-refractivity contribution in [3.63, 3.8) is 0 Å². The van der Waals surface area contributed by atoms with E-state index in [9.17, 15) is 0 Å². The van der Waals surface area contributed by atoms with Gasteiger partial charge in [-0.3, -0.25) is 0 Å². The third-order valence-corrected chi connectivity index (χ3v) is 3.90. The van der Waals surface area contributed by atoms with Crippen LogP contribution in [0.15, 0.2) is 24.4 Å². The maximum atomic E-state index is 6.37. The van der Waals surface area contributed by atoms with Gasteiger partial charge in [-0.25, -0.2) is 4.98 Å². The molecule has 124 valence electrons. The van der Waals surface area contributed by atoms with E-state index in [1.807, 2.05) is 26.0 Å². The second-order valence-electron chi connectivity index (χ2n) is 5.79. The first-order valence-corrected chi connectivity index (χ1v) is 8.54. The molecular weight excluding hydrogens is 308 g/mol. The minimum absolute atomic E-state index is 0.710. The molecule has 2 aromatic rings. The van der Waals surface area contributed by atoms with Crippen LogP contribution in [0.1, 0.15) is 37.8 Å². The molecule has 0 aliphatic carbocycles. The molecule has 0 radical (unpaired) electrons. The molecule has 1 N–H and O–H groups in total. The van der Waals surface area contributed by atoms with E-state index in [1.165, 1.54) is 0 Å². The summed E-state index contributed by atoms with van der Waals surface area (Å²) in [5.74, 6) is 1.53. The van der Waals surface area contributed by atoms with Gasteiger partial charge in [0.15, 0.2) is 0 Å². The van der Waals surface area contributed by atoms with Crippen molar-refractivity contribution in [1.29, 1.82) is 0 Å². The van der Waals surface area contributed by atoms with Crippen molar-refractivity contribution in [1.82, 2.24) is 9.97 Å². The minimum atomic E-state index is 0.710. The van der Waals surface area contributed by atoms with Crippen molar-refractivity contribution in [2.45, 2.75) is 40.5 Å². The van der Waals surface area contributed by atoms with E-state index in [0.717, 1.165) is 54.5 Å². The maximum absolute atomic E-state index is 6.37. The van der Waals surface area contributed by atoms with Crippen LogP contribution in [0.3, 0.4) is 0 Å². The molecule has 0 atom stereocenters. The predicted molar refractivity (Wildman–Crippen MR) is 99.0 cm³/mol. The summed E-state index contributed by atoms with van der Waals surface area (Å²) in [4.78, 5) is 11.3. The van der Waals surface area contributed by atoms with Crippen LogP contribution in [-0.2, 0) is 0 Å². The molecule has 0 bridgehead atoms. The van der Waals surface area contributed by atoms with E-state index >= 15 is 0 Å². The van der Waals surface area contributed by atoms with Crippen LogP contribution in [0.2, 0.25) is 5.02 Å². The molecule has 4 nitrogen and oxygen atoms in total. The Morgan fingerprint density at radius 2 is 1.83 bits per heavy atom. The van der Waals surface area contributed by atoms with E-state index in [0.29, 0.717) is 5.02 Å². The molecule has 0 amide bonds. The number of aryl methyl sites for hydroxylation is 2. The zero-order chi connectivity index (χ0) is 16.8. The standard InChI is InChI=1S/C18H25ClN4/c1-5-9-23(10-6-2)18-20-8-7-16(22-18)21-17-14(4)11-13(3)12-15(17)19/h7-8,11-12H,5-6,9-10H2,1-4H3,(H,20,21,22). The van der Waals surface area contributed by atoms with Crippen molar-refractivity contribution in [2.75, 3.05) is 23.3 Å². The molecule has 0 spiro atoms. The van der Waals surface area contributed by atoms with Crippen molar-refractivity contribution >= 4 is 29.1 Å². The Labute approximate surface area is 143 Å². The number of benzene rings is 1. The predicted octanol–water partition coefficient (Wildman–Crippen LogP) is 5.12. The summed E-state index contributed by atoms with van der Waals surface area (Å²) in [6.07, 6.45) is 3.94. The van der Waals surface area contributed by atoms with Gasteiger partial charge < -0.3 is 10.2 Å². The zero-order valence-corrected chi connectivity index (χ0v) is 15.1. The van der Waals surface area contributed by atoms with Crippen LogP contribution in [0, 0.1) is 13.8 Å². The average molecular weight is 333 g/mol. The molecular formula is C18H25ClN4. The van der Waals surface area contributed by atoms with Crippen molar-refractivity contribution in [3.05, 3.63) is 40.5 Å². The Kier molecular flexibility index (Phi) is 6.22. The number of hydrogen-bond donors (Lipinski definition) is 1. The fraction of sp³-hybridized carbons (Fsp3) is 0.444. The summed E-state index contributed by atoms with van der Waals surface area (Å²) in [5.41, 5.74) is 3.16. The molecule has 0 unspecified atom stereocenters. The molecule has 5 heteroatoms. The third kappa shape index (κ3) is 4.58. The normalized spacial score (nSPS) is 10.7. The van der Waals surface area contributed by atoms with E-state index in [1.54, 1.807) is 6.20 Å². The Morgan fingerprint density at radius 3 is 2.43 bits per heavy atom. The summed E-state index contributed by atoms with van der Waals surface area (Å²) >= 11 is 6.37. The number of rotatable bonds is 7. The average Bonchev–Trinajstić information content (AvgIpc) is 2.51. The third-order valence-electron chi connectivity index (χ3n) is 3.60. The number of nitrogens with one attached hydrogen (secondary N) is 1. The molecule has 0 fully saturated rings. The van der Waals surface area contributed by atoms with Crippen molar-refractivity contribution < 1.29 is 0 Å². The van der Waals surface area contributed by atoms with E-state index in [2.05, 4.69) is 40.1 Å². The van der Waals surface area contributed by atoms with Gasteiger partial charge in [-0.05, 0) is 49.9 Å². The summed E-state index contributed by atoms with van der Waals surface area (Å²) < 4.78 is 0. The van der Waals surface area contributed by atoms with Crippen molar-refractivity contribution in [2.24, 2.45) is 0 Å². The quantitative estimate of drug-likeness (QED) is 0.764. The Hall–Kier alpha value is -1.81. The number of anilines is 3. The SMILES string of the molecule is CCCN(CCC)c1nccc(Nc2c(C)cc(C)cc2Cl)n1. The van der Waals surface area contributed by atoms with Crippen LogP contribution >= 0.6 is 11.6 Å². The highest BCUT2D eigenvalue weighted by atomic mass is 35.5. The van der Waals surface area contributed by atoms with Crippen LogP contribution in [0.4, 0.5) is 17.5 Å². The number of halogens is 1. The molecule has 1 aromatic heterocycles. The first kappa shape index (κ1) is 17.5. The number of hydrogen-bond acceptors (Lipinski definition) is 4. The Morgan fingerprint density at radius 1 is 1.13 bits per heavy atom. The maximum Gasteiger partial charge on any atom is 0.227 e. The second-order valence-corrected chi connectivity index (χ2v) is 6.20. The van der Waals surface area contributed by atoms with E-state index < -0.39 is 0 Å². The number of aromatic nitrogens is 2.